The minimum Gasteiger partial charge on any atom is -0.478 e. The molecule has 6 aliphatic carbocycles. The molecule has 300 valence electrons. The van der Waals surface area contributed by atoms with Crippen molar-refractivity contribution >= 4 is 58.6 Å². The number of amides is 2. The van der Waals surface area contributed by atoms with E-state index in [2.05, 4.69) is 9.97 Å². The molecule has 2 unspecified atom stereocenters. The molecule has 6 saturated carbocycles. The molecular weight excluding hydrogens is 759 g/mol. The summed E-state index contributed by atoms with van der Waals surface area (Å²) < 4.78 is 17.2. The van der Waals surface area contributed by atoms with Gasteiger partial charge in [-0.25, -0.2) is 19.6 Å². The molecule has 0 aromatic carbocycles. The number of hydrogen-bond donors (Lipinski definition) is 1. The number of nitrogens with zero attached hydrogens (tertiary/aromatic N) is 4. The quantitative estimate of drug-likeness (QED) is 0.169. The van der Waals surface area contributed by atoms with Gasteiger partial charge in [-0.3, -0.25) is 19.4 Å². The lowest BCUT2D eigenvalue weighted by Crippen LogP contribution is -2.31. The van der Waals surface area contributed by atoms with Crippen molar-refractivity contribution in [3.63, 3.8) is 0 Å². The predicted octanol–water partition coefficient (Wildman–Crippen LogP) is 7.53. The predicted molar refractivity (Wildman–Crippen MR) is 207 cm³/mol. The number of anilines is 2. The molecule has 2 aromatic rings. The average molecular weight is 810 g/mol. The largest absolute Gasteiger partial charge is 0.478 e. The Morgan fingerprint density at radius 3 is 1.45 bits per heavy atom. The van der Waals surface area contributed by atoms with E-state index in [1.165, 1.54) is 68.4 Å². The lowest BCUT2D eigenvalue weighted by molar-refractivity contribution is -0.127. The first kappa shape index (κ1) is 38.2. The van der Waals surface area contributed by atoms with Gasteiger partial charge in [0, 0.05) is 39.1 Å². The van der Waals surface area contributed by atoms with Crippen LogP contribution < -0.4 is 9.80 Å². The topological polar surface area (TPSA) is 148 Å². The lowest BCUT2D eigenvalue weighted by Gasteiger charge is -2.20. The molecule has 0 radical (unpaired) electrons. The van der Waals surface area contributed by atoms with E-state index in [0.717, 1.165) is 24.7 Å². The van der Waals surface area contributed by atoms with Crippen LogP contribution in [0.1, 0.15) is 119 Å². The van der Waals surface area contributed by atoms with Gasteiger partial charge in [-0.1, -0.05) is 23.2 Å². The maximum Gasteiger partial charge on any atom is 0.341 e. The van der Waals surface area contributed by atoms with Crippen LogP contribution in [0.25, 0.3) is 0 Å². The zero-order valence-corrected chi connectivity index (χ0v) is 33.8. The van der Waals surface area contributed by atoms with Crippen LogP contribution in [-0.4, -0.2) is 82.9 Å². The molecule has 4 spiro atoms. The Morgan fingerprint density at radius 2 is 1.11 bits per heavy atom. The molecule has 10 rings (SSSR count). The lowest BCUT2D eigenvalue weighted by atomic mass is 10.2. The molecule has 8 aliphatic rings. The maximum absolute atomic E-state index is 12.8. The number of carboxylic acids is 1. The van der Waals surface area contributed by atoms with Crippen LogP contribution in [0, 0.1) is 33.5 Å². The van der Waals surface area contributed by atoms with Gasteiger partial charge >= 0.3 is 11.9 Å². The Hall–Kier alpha value is -3.32. The smallest absolute Gasteiger partial charge is 0.341 e. The third-order valence-electron chi connectivity index (χ3n) is 14.5. The molecule has 0 bridgehead atoms. The van der Waals surface area contributed by atoms with Gasteiger partial charge in [0.15, 0.2) is 0 Å². The van der Waals surface area contributed by atoms with Crippen LogP contribution in [-0.2, 0) is 23.8 Å². The number of esters is 1. The fourth-order valence-electron chi connectivity index (χ4n) is 11.2. The number of aromatic nitrogens is 2. The summed E-state index contributed by atoms with van der Waals surface area (Å²) in [6.45, 7) is 7.73. The van der Waals surface area contributed by atoms with Crippen molar-refractivity contribution < 1.29 is 38.5 Å². The number of carboxylic acid groups (broad SMARTS) is 1. The van der Waals surface area contributed by atoms with E-state index >= 15 is 0 Å². The molecule has 2 atom stereocenters. The van der Waals surface area contributed by atoms with Crippen LogP contribution in [0.5, 0.6) is 0 Å². The number of hydrogen-bond acceptors (Lipinski definition) is 9. The molecule has 2 saturated heterocycles. The first-order chi connectivity index (χ1) is 26.7. The molecule has 1 N–H and O–H groups in total. The number of fused-ring (bicyclic) bond motifs is 2. The molecule has 8 fully saturated rings. The van der Waals surface area contributed by atoms with Crippen molar-refractivity contribution in [2.24, 2.45) is 33.5 Å². The Morgan fingerprint density at radius 1 is 0.714 bits per heavy atom. The Labute approximate surface area is 336 Å². The zero-order valence-electron chi connectivity index (χ0n) is 32.3. The number of aromatic carboxylic acids is 1. The fraction of sp³-hybridized carbons (Fsp3) is 0.667. The maximum atomic E-state index is 12.8. The summed E-state index contributed by atoms with van der Waals surface area (Å²) in [6, 6.07) is 6.11. The van der Waals surface area contributed by atoms with E-state index in [9.17, 15) is 19.2 Å². The van der Waals surface area contributed by atoms with E-state index in [0.29, 0.717) is 72.4 Å². The number of rotatable bonds is 12. The van der Waals surface area contributed by atoms with Gasteiger partial charge < -0.3 is 19.3 Å². The molecule has 56 heavy (non-hydrogen) atoms. The first-order valence-electron chi connectivity index (χ1n) is 20.3. The number of carbonyl (C=O) groups is 4. The van der Waals surface area contributed by atoms with Crippen molar-refractivity contribution in [3.8, 4) is 0 Å². The van der Waals surface area contributed by atoms with Crippen molar-refractivity contribution in [2.75, 3.05) is 36.1 Å². The second kappa shape index (κ2) is 13.4. The minimum absolute atomic E-state index is 0.0390. The standard InChI is InChI=1S/C23H29ClN2O4.C19H21ClN2O4/c1-21(2,3)30-20(28)14-4-5-17(25-18(14)24)26-12-6-15(19(26)27)29-13-7-16-22(8-9-22)23(16)10-11-23;20-15-11(17(24)25)1-2-14(21-15)22-9-3-12(16(22)23)26-10-4-13-18(5-6-18)19(13)7-8-19/h4-5,15-16H,6-13H2,1-3H3;1-2,12-13H,3-10H2,(H,24,25). The van der Waals surface area contributed by atoms with Gasteiger partial charge in [0.05, 0.1) is 11.1 Å². The summed E-state index contributed by atoms with van der Waals surface area (Å²) in [7, 11) is 0. The highest BCUT2D eigenvalue weighted by molar-refractivity contribution is 6.33. The molecule has 12 nitrogen and oxygen atoms in total. The van der Waals surface area contributed by atoms with Crippen LogP contribution in [0.3, 0.4) is 0 Å². The van der Waals surface area contributed by atoms with Crippen molar-refractivity contribution in [2.45, 2.75) is 116 Å². The van der Waals surface area contributed by atoms with Crippen LogP contribution in [0.2, 0.25) is 10.3 Å². The highest BCUT2D eigenvalue weighted by atomic mass is 35.5. The van der Waals surface area contributed by atoms with Gasteiger partial charge in [0.25, 0.3) is 11.8 Å². The van der Waals surface area contributed by atoms with Crippen LogP contribution >= 0.6 is 23.2 Å². The number of carbonyl (C=O) groups excluding carboxylic acids is 3. The number of halogens is 2. The highest BCUT2D eigenvalue weighted by Gasteiger charge is 2.86. The summed E-state index contributed by atoms with van der Waals surface area (Å²) in [4.78, 5) is 60.2. The first-order valence-corrected chi connectivity index (χ1v) is 21.1. The summed E-state index contributed by atoms with van der Waals surface area (Å²) in [5.74, 6) is 0.625. The summed E-state index contributed by atoms with van der Waals surface area (Å²) in [5, 5.41) is 8.95. The normalized spacial score (nSPS) is 26.5. The van der Waals surface area contributed by atoms with E-state index in [1.54, 1.807) is 37.8 Å². The summed E-state index contributed by atoms with van der Waals surface area (Å²) >= 11 is 12.1. The van der Waals surface area contributed by atoms with Gasteiger partial charge in [0.1, 0.15) is 39.8 Å². The average Bonchev–Trinajstić information content (AvgIpc) is 3.90. The number of ether oxygens (including phenoxy) is 3. The molecule has 14 heteroatoms. The van der Waals surface area contributed by atoms with Gasteiger partial charge in [-0.2, -0.15) is 0 Å². The second-order valence-electron chi connectivity index (χ2n) is 18.4. The van der Waals surface area contributed by atoms with Gasteiger partial charge in [0.2, 0.25) is 0 Å². The van der Waals surface area contributed by atoms with Crippen molar-refractivity contribution in [1.29, 1.82) is 0 Å². The Balaban J connectivity index is 0.000000148. The molecule has 2 aliphatic heterocycles. The van der Waals surface area contributed by atoms with E-state index < -0.39 is 29.7 Å². The number of pyridine rings is 2. The SMILES string of the molecule is CC(C)(C)OC(=O)c1ccc(N2CCC(OCCC3C4(CC4)C34CC4)C2=O)nc1Cl.O=C(O)c1ccc(N2CCC(OCCC3C4(CC4)C34CC4)C2=O)nc1Cl. The van der Waals surface area contributed by atoms with E-state index in [1.807, 2.05) is 0 Å². The molecule has 4 heterocycles. The van der Waals surface area contributed by atoms with Crippen molar-refractivity contribution in [1.82, 2.24) is 9.97 Å². The minimum atomic E-state index is -1.13. The monoisotopic (exact) mass is 808 g/mol. The summed E-state index contributed by atoms with van der Waals surface area (Å²) in [6.07, 6.45) is 13.8. The van der Waals surface area contributed by atoms with Gasteiger partial charge in [-0.15, -0.1) is 0 Å². The van der Waals surface area contributed by atoms with E-state index in [4.69, 9.17) is 42.5 Å². The third kappa shape index (κ3) is 6.41. The van der Waals surface area contributed by atoms with Crippen LogP contribution in [0.4, 0.5) is 11.6 Å². The van der Waals surface area contributed by atoms with Crippen LogP contribution in [0.15, 0.2) is 24.3 Å². The Bertz CT molecular complexity index is 1950. The second-order valence-corrected chi connectivity index (χ2v) is 19.1. The highest BCUT2D eigenvalue weighted by Crippen LogP contribution is 2.93. The summed E-state index contributed by atoms with van der Waals surface area (Å²) in [5.41, 5.74) is 2.22. The third-order valence-corrected chi connectivity index (χ3v) is 15.0. The van der Waals surface area contributed by atoms with E-state index in [-0.39, 0.29) is 33.2 Å². The Kier molecular flexibility index (Phi) is 9.12. The van der Waals surface area contributed by atoms with Crippen molar-refractivity contribution in [3.05, 3.63) is 45.7 Å². The molecule has 2 amide bonds. The zero-order chi connectivity index (χ0) is 39.4. The van der Waals surface area contributed by atoms with Gasteiger partial charge in [-0.05, 0) is 143 Å². The molecule has 2 aromatic heterocycles. The molecular formula is C42H50Cl2N4O8. The fourth-order valence-corrected chi connectivity index (χ4v) is 11.7.